The van der Waals surface area contributed by atoms with Crippen molar-refractivity contribution in [3.05, 3.63) is 57.0 Å². The highest BCUT2D eigenvalue weighted by molar-refractivity contribution is 5.77. The van der Waals surface area contributed by atoms with Crippen molar-refractivity contribution in [1.29, 1.82) is 0 Å². The molecule has 0 aliphatic rings. The zero-order chi connectivity index (χ0) is 21.7. The van der Waals surface area contributed by atoms with E-state index >= 15 is 0 Å². The first-order valence-corrected chi connectivity index (χ1v) is 8.80. The predicted octanol–water partition coefficient (Wildman–Crippen LogP) is 3.71. The van der Waals surface area contributed by atoms with E-state index in [-0.39, 0.29) is 22.3 Å². The van der Waals surface area contributed by atoms with Gasteiger partial charge in [0.1, 0.15) is 22.7 Å². The summed E-state index contributed by atoms with van der Waals surface area (Å²) in [5, 5.41) is 14.0. The molecule has 0 saturated heterocycles. The van der Waals surface area contributed by atoms with Gasteiger partial charge in [0.15, 0.2) is 5.65 Å². The summed E-state index contributed by atoms with van der Waals surface area (Å²) in [4.78, 5) is 19.2. The van der Waals surface area contributed by atoms with Gasteiger partial charge in [-0.2, -0.15) is 18.3 Å². The highest BCUT2D eigenvalue weighted by atomic mass is 19.4. The number of H-pyrrole nitrogens is 1. The van der Waals surface area contributed by atoms with Crippen LogP contribution in [0, 0.1) is 18.2 Å². The first kappa shape index (κ1) is 21.0. The summed E-state index contributed by atoms with van der Waals surface area (Å²) in [7, 11) is 0. The summed E-state index contributed by atoms with van der Waals surface area (Å²) < 4.78 is 54.5. The SMILES string of the molecule is Cc1nc2c(c(CO)nn2C(c2ccc(C(F)(F)F)c(F)c2)C(C)(C)C)c(=O)[nH]1. The fourth-order valence-corrected chi connectivity index (χ4v) is 3.45. The van der Waals surface area contributed by atoms with E-state index in [0.29, 0.717) is 11.9 Å². The molecule has 29 heavy (non-hydrogen) atoms. The molecule has 0 spiro atoms. The van der Waals surface area contributed by atoms with E-state index in [1.807, 2.05) is 0 Å². The lowest BCUT2D eigenvalue weighted by Crippen LogP contribution is -2.27. The Morgan fingerprint density at radius 2 is 1.90 bits per heavy atom. The van der Waals surface area contributed by atoms with Crippen LogP contribution in [0.4, 0.5) is 17.6 Å². The first-order valence-electron chi connectivity index (χ1n) is 8.80. The van der Waals surface area contributed by atoms with E-state index in [4.69, 9.17) is 0 Å². The number of rotatable bonds is 3. The second-order valence-electron chi connectivity index (χ2n) is 7.90. The second-order valence-corrected chi connectivity index (χ2v) is 7.90. The van der Waals surface area contributed by atoms with Crippen molar-refractivity contribution in [3.63, 3.8) is 0 Å². The van der Waals surface area contributed by atoms with Crippen molar-refractivity contribution in [2.24, 2.45) is 5.41 Å². The van der Waals surface area contributed by atoms with Crippen LogP contribution in [0.3, 0.4) is 0 Å². The van der Waals surface area contributed by atoms with E-state index in [1.54, 1.807) is 27.7 Å². The molecule has 0 saturated carbocycles. The Kier molecular flexibility index (Phi) is 5.02. The maximum absolute atomic E-state index is 14.3. The fourth-order valence-electron chi connectivity index (χ4n) is 3.45. The van der Waals surface area contributed by atoms with Gasteiger partial charge >= 0.3 is 6.18 Å². The molecule has 6 nitrogen and oxygen atoms in total. The number of alkyl halides is 3. The molecule has 156 valence electrons. The third-order valence-electron chi connectivity index (χ3n) is 4.58. The van der Waals surface area contributed by atoms with Crippen LogP contribution in [0.25, 0.3) is 11.0 Å². The normalized spacial score (nSPS) is 13.8. The molecule has 0 aliphatic carbocycles. The number of aryl methyl sites for hydroxylation is 1. The number of aliphatic hydroxyl groups excluding tert-OH is 1. The molecule has 1 aromatic carbocycles. The molecule has 1 atom stereocenters. The zero-order valence-electron chi connectivity index (χ0n) is 16.2. The maximum Gasteiger partial charge on any atom is 0.419 e. The number of hydrogen-bond acceptors (Lipinski definition) is 4. The van der Waals surface area contributed by atoms with Crippen LogP contribution in [-0.2, 0) is 12.8 Å². The largest absolute Gasteiger partial charge is 0.419 e. The van der Waals surface area contributed by atoms with Crippen molar-refractivity contribution >= 4 is 11.0 Å². The third kappa shape index (κ3) is 3.76. The van der Waals surface area contributed by atoms with Crippen LogP contribution in [-0.4, -0.2) is 24.9 Å². The number of halogens is 4. The van der Waals surface area contributed by atoms with Crippen LogP contribution >= 0.6 is 0 Å². The number of hydrogen-bond donors (Lipinski definition) is 2. The number of aliphatic hydroxyl groups is 1. The Morgan fingerprint density at radius 3 is 2.41 bits per heavy atom. The lowest BCUT2D eigenvalue weighted by Gasteiger charge is -2.32. The minimum absolute atomic E-state index is 0.0791. The summed E-state index contributed by atoms with van der Waals surface area (Å²) in [5.41, 5.74) is -2.02. The lowest BCUT2D eigenvalue weighted by atomic mass is 9.82. The second kappa shape index (κ2) is 6.94. The third-order valence-corrected chi connectivity index (χ3v) is 4.58. The number of benzene rings is 1. The molecule has 0 aliphatic heterocycles. The van der Waals surface area contributed by atoms with Crippen LogP contribution in [0.5, 0.6) is 0 Å². The number of fused-ring (bicyclic) bond motifs is 1. The Labute approximate surface area is 163 Å². The molecule has 0 radical (unpaired) electrons. The number of nitrogens with one attached hydrogen (secondary N) is 1. The van der Waals surface area contributed by atoms with E-state index in [2.05, 4.69) is 15.1 Å². The van der Waals surface area contributed by atoms with Gasteiger partial charge in [0.05, 0.1) is 18.2 Å². The molecule has 0 fully saturated rings. The topological polar surface area (TPSA) is 83.8 Å². The van der Waals surface area contributed by atoms with Crippen molar-refractivity contribution in [2.75, 3.05) is 0 Å². The summed E-state index contributed by atoms with van der Waals surface area (Å²) >= 11 is 0. The van der Waals surface area contributed by atoms with Crippen molar-refractivity contribution in [3.8, 4) is 0 Å². The molecule has 2 aromatic heterocycles. The van der Waals surface area contributed by atoms with Gasteiger partial charge in [-0.1, -0.05) is 26.8 Å². The minimum Gasteiger partial charge on any atom is -0.390 e. The monoisotopic (exact) mass is 412 g/mol. The smallest absolute Gasteiger partial charge is 0.390 e. The number of aromatic nitrogens is 4. The minimum atomic E-state index is -4.81. The van der Waals surface area contributed by atoms with E-state index in [1.165, 1.54) is 10.7 Å². The Bertz CT molecular complexity index is 1130. The van der Waals surface area contributed by atoms with Gasteiger partial charge in [-0.05, 0) is 30.0 Å². The molecule has 3 aromatic rings. The Balaban J connectivity index is 2.30. The highest BCUT2D eigenvalue weighted by Gasteiger charge is 2.37. The molecule has 2 heterocycles. The predicted molar refractivity (Wildman–Crippen MR) is 97.8 cm³/mol. The molecular weight excluding hydrogens is 392 g/mol. The van der Waals surface area contributed by atoms with Crippen molar-refractivity contribution in [2.45, 2.75) is 46.5 Å². The van der Waals surface area contributed by atoms with E-state index in [9.17, 15) is 27.5 Å². The molecule has 3 rings (SSSR count). The maximum atomic E-state index is 14.3. The van der Waals surface area contributed by atoms with Crippen molar-refractivity contribution in [1.82, 2.24) is 19.7 Å². The molecule has 2 N–H and O–H groups in total. The first-order chi connectivity index (χ1) is 13.3. The van der Waals surface area contributed by atoms with Gasteiger partial charge in [-0.3, -0.25) is 4.79 Å². The van der Waals surface area contributed by atoms with Gasteiger partial charge in [0, 0.05) is 0 Å². The summed E-state index contributed by atoms with van der Waals surface area (Å²) in [6.45, 7) is 6.45. The Hall–Kier alpha value is -2.75. The van der Waals surface area contributed by atoms with Crippen LogP contribution in [0.1, 0.15) is 49.5 Å². The van der Waals surface area contributed by atoms with Crippen LogP contribution in [0.2, 0.25) is 0 Å². The van der Waals surface area contributed by atoms with Crippen molar-refractivity contribution < 1.29 is 22.7 Å². The van der Waals surface area contributed by atoms with Crippen LogP contribution in [0.15, 0.2) is 23.0 Å². The van der Waals surface area contributed by atoms with Gasteiger partial charge in [0.2, 0.25) is 0 Å². The quantitative estimate of drug-likeness (QED) is 0.643. The summed E-state index contributed by atoms with van der Waals surface area (Å²) in [6, 6.07) is 1.95. The average Bonchev–Trinajstić information content (AvgIpc) is 2.91. The molecule has 1 unspecified atom stereocenters. The fraction of sp³-hybridized carbons (Fsp3) is 0.421. The number of nitrogens with zero attached hydrogens (tertiary/aromatic N) is 3. The lowest BCUT2D eigenvalue weighted by molar-refractivity contribution is -0.140. The molecular formula is C19H20F4N4O2. The van der Waals surface area contributed by atoms with E-state index in [0.717, 1.165) is 6.07 Å². The number of aromatic amines is 1. The standard InChI is InChI=1S/C19H20F4N4O2/c1-9-24-16-14(17(29)25-9)13(8-28)26-27(16)15(18(2,3)4)10-5-6-11(12(20)7-10)19(21,22)23/h5-7,15,28H,8H2,1-4H3,(H,24,25,29). The van der Waals surface area contributed by atoms with Gasteiger partial charge in [0.25, 0.3) is 5.56 Å². The van der Waals surface area contributed by atoms with E-state index < -0.39 is 41.2 Å². The van der Waals surface area contributed by atoms with Gasteiger partial charge < -0.3 is 10.1 Å². The van der Waals surface area contributed by atoms with Crippen LogP contribution < -0.4 is 5.56 Å². The molecule has 0 bridgehead atoms. The summed E-state index contributed by atoms with van der Waals surface area (Å²) in [5.74, 6) is -1.09. The molecule has 10 heteroatoms. The summed E-state index contributed by atoms with van der Waals surface area (Å²) in [6.07, 6.45) is -4.81. The van der Waals surface area contributed by atoms with Gasteiger partial charge in [-0.25, -0.2) is 14.1 Å². The zero-order valence-corrected chi connectivity index (χ0v) is 16.2. The van der Waals surface area contributed by atoms with Gasteiger partial charge in [-0.15, -0.1) is 0 Å². The average molecular weight is 412 g/mol. The molecule has 0 amide bonds. The Morgan fingerprint density at radius 1 is 1.24 bits per heavy atom. The highest BCUT2D eigenvalue weighted by Crippen LogP contribution is 2.40.